The Morgan fingerprint density at radius 2 is 1.93 bits per heavy atom. The molecule has 0 saturated carbocycles. The first-order valence-corrected chi connectivity index (χ1v) is 8.94. The molecule has 1 aromatic heterocycles. The minimum Gasteiger partial charge on any atom is -0.396 e. The van der Waals surface area contributed by atoms with E-state index in [-0.39, 0.29) is 36.5 Å². The van der Waals surface area contributed by atoms with Crippen molar-refractivity contribution in [2.45, 2.75) is 19.4 Å². The van der Waals surface area contributed by atoms with E-state index in [9.17, 15) is 5.11 Å². The standard InChI is InChI=1S/C20H29N5O.HI/c1-4-21-20(23-13-16-10-11-22-19(12-16)25(2)3)24-14-18(15-26)17-8-6-5-7-9-17;/h5-12,18,26H,4,13-15H2,1-3H3,(H2,21,23,24);1H. The Kier molecular flexibility index (Phi) is 10.7. The Morgan fingerprint density at radius 3 is 2.56 bits per heavy atom. The van der Waals surface area contributed by atoms with Crippen molar-refractivity contribution in [1.82, 2.24) is 15.6 Å². The molecule has 6 nitrogen and oxygen atoms in total. The van der Waals surface area contributed by atoms with Crippen molar-refractivity contribution in [2.24, 2.45) is 4.99 Å². The zero-order valence-electron chi connectivity index (χ0n) is 16.2. The van der Waals surface area contributed by atoms with Gasteiger partial charge >= 0.3 is 0 Å². The summed E-state index contributed by atoms with van der Waals surface area (Å²) >= 11 is 0. The molecule has 148 valence electrons. The molecule has 3 N–H and O–H groups in total. The van der Waals surface area contributed by atoms with Crippen LogP contribution in [0.15, 0.2) is 53.7 Å². The molecule has 0 aliphatic carbocycles. The third kappa shape index (κ3) is 7.72. The first-order valence-electron chi connectivity index (χ1n) is 8.94. The van der Waals surface area contributed by atoms with Gasteiger partial charge in [-0.1, -0.05) is 30.3 Å². The molecule has 1 atom stereocenters. The van der Waals surface area contributed by atoms with Crippen molar-refractivity contribution >= 4 is 35.8 Å². The van der Waals surface area contributed by atoms with Gasteiger partial charge in [-0.3, -0.25) is 0 Å². The van der Waals surface area contributed by atoms with Gasteiger partial charge in [-0.05, 0) is 30.2 Å². The van der Waals surface area contributed by atoms with E-state index < -0.39 is 0 Å². The van der Waals surface area contributed by atoms with E-state index in [0.717, 1.165) is 29.4 Å². The second-order valence-corrected chi connectivity index (χ2v) is 6.28. The van der Waals surface area contributed by atoms with Gasteiger partial charge in [0, 0.05) is 39.3 Å². The van der Waals surface area contributed by atoms with E-state index in [2.05, 4.69) is 20.6 Å². The minimum absolute atomic E-state index is 0. The molecule has 1 heterocycles. The highest BCUT2D eigenvalue weighted by Gasteiger charge is 2.10. The summed E-state index contributed by atoms with van der Waals surface area (Å²) in [6.45, 7) is 4.08. The van der Waals surface area contributed by atoms with Crippen LogP contribution >= 0.6 is 24.0 Å². The second-order valence-electron chi connectivity index (χ2n) is 6.28. The summed E-state index contributed by atoms with van der Waals surface area (Å²) in [7, 11) is 3.94. The van der Waals surface area contributed by atoms with Crippen molar-refractivity contribution in [3.63, 3.8) is 0 Å². The molecule has 0 saturated heterocycles. The van der Waals surface area contributed by atoms with Crippen molar-refractivity contribution in [2.75, 3.05) is 38.7 Å². The van der Waals surface area contributed by atoms with E-state index in [1.807, 2.05) is 68.4 Å². The summed E-state index contributed by atoms with van der Waals surface area (Å²) in [6.07, 6.45) is 1.80. The van der Waals surface area contributed by atoms with E-state index in [1.54, 1.807) is 6.20 Å². The summed E-state index contributed by atoms with van der Waals surface area (Å²) in [5.41, 5.74) is 2.21. The highest BCUT2D eigenvalue weighted by molar-refractivity contribution is 14.0. The number of hydrogen-bond donors (Lipinski definition) is 3. The smallest absolute Gasteiger partial charge is 0.191 e. The maximum atomic E-state index is 9.70. The van der Waals surface area contributed by atoms with Crippen molar-refractivity contribution in [3.05, 3.63) is 59.8 Å². The lowest BCUT2D eigenvalue weighted by molar-refractivity contribution is 0.265. The fourth-order valence-corrected chi connectivity index (χ4v) is 2.55. The number of rotatable bonds is 8. The molecule has 0 amide bonds. The first kappa shape index (κ1) is 23.2. The van der Waals surface area contributed by atoms with Gasteiger partial charge in [-0.2, -0.15) is 0 Å². The number of pyridine rings is 1. The number of aliphatic hydroxyl groups excluding tert-OH is 1. The van der Waals surface area contributed by atoms with Crippen LogP contribution in [0.4, 0.5) is 5.82 Å². The lowest BCUT2D eigenvalue weighted by Gasteiger charge is -2.18. The van der Waals surface area contributed by atoms with Gasteiger partial charge in [-0.15, -0.1) is 24.0 Å². The predicted octanol–water partition coefficient (Wildman–Crippen LogP) is 2.60. The van der Waals surface area contributed by atoms with Crippen LogP contribution in [0.25, 0.3) is 0 Å². The molecule has 0 aliphatic rings. The molecule has 1 unspecified atom stereocenters. The van der Waals surface area contributed by atoms with E-state index >= 15 is 0 Å². The number of halogens is 1. The largest absolute Gasteiger partial charge is 0.396 e. The van der Waals surface area contributed by atoms with Crippen LogP contribution in [-0.4, -0.2) is 49.8 Å². The van der Waals surface area contributed by atoms with Gasteiger partial charge in [0.2, 0.25) is 0 Å². The molecular weight excluding hydrogens is 453 g/mol. The number of aliphatic hydroxyl groups is 1. The number of nitrogens with one attached hydrogen (secondary N) is 2. The van der Waals surface area contributed by atoms with Gasteiger partial charge in [-0.25, -0.2) is 9.98 Å². The lowest BCUT2D eigenvalue weighted by atomic mass is 10.0. The monoisotopic (exact) mass is 483 g/mol. The Morgan fingerprint density at radius 1 is 1.19 bits per heavy atom. The quantitative estimate of drug-likeness (QED) is 0.306. The molecule has 0 fully saturated rings. The Labute approximate surface area is 179 Å². The molecule has 2 rings (SSSR count). The molecule has 2 aromatic rings. The fourth-order valence-electron chi connectivity index (χ4n) is 2.55. The van der Waals surface area contributed by atoms with Gasteiger partial charge < -0.3 is 20.6 Å². The summed E-state index contributed by atoms with van der Waals surface area (Å²) < 4.78 is 0. The van der Waals surface area contributed by atoms with Gasteiger partial charge in [0.05, 0.1) is 13.2 Å². The van der Waals surface area contributed by atoms with Crippen LogP contribution in [-0.2, 0) is 6.54 Å². The summed E-state index contributed by atoms with van der Waals surface area (Å²) in [5, 5.41) is 16.3. The number of nitrogens with zero attached hydrogens (tertiary/aromatic N) is 3. The first-order chi connectivity index (χ1) is 12.6. The molecule has 1 aromatic carbocycles. The number of hydrogen-bond acceptors (Lipinski definition) is 4. The average Bonchev–Trinajstić information content (AvgIpc) is 2.67. The summed E-state index contributed by atoms with van der Waals surface area (Å²) in [4.78, 5) is 11.0. The van der Waals surface area contributed by atoms with Gasteiger partial charge in [0.15, 0.2) is 5.96 Å². The SMILES string of the molecule is CCNC(=NCc1ccnc(N(C)C)c1)NCC(CO)c1ccccc1.I. The third-order valence-electron chi connectivity index (χ3n) is 4.04. The molecule has 0 radical (unpaired) electrons. The zero-order valence-corrected chi connectivity index (χ0v) is 18.6. The van der Waals surface area contributed by atoms with Crippen LogP contribution in [0.5, 0.6) is 0 Å². The number of anilines is 1. The third-order valence-corrected chi connectivity index (χ3v) is 4.04. The topological polar surface area (TPSA) is 72.8 Å². The number of aliphatic imine (C=N–C) groups is 1. The minimum atomic E-state index is 0. The normalized spacial score (nSPS) is 12.1. The fraction of sp³-hybridized carbons (Fsp3) is 0.400. The predicted molar refractivity (Wildman–Crippen MR) is 123 cm³/mol. The van der Waals surface area contributed by atoms with E-state index in [4.69, 9.17) is 0 Å². The maximum absolute atomic E-state index is 9.70. The Hall–Kier alpha value is -1.87. The lowest BCUT2D eigenvalue weighted by Crippen LogP contribution is -2.39. The molecule has 0 aliphatic heterocycles. The Balaban J connectivity index is 0.00000364. The maximum Gasteiger partial charge on any atom is 0.191 e. The highest BCUT2D eigenvalue weighted by Crippen LogP contribution is 2.13. The summed E-state index contributed by atoms with van der Waals surface area (Å²) in [5.74, 6) is 1.69. The summed E-state index contributed by atoms with van der Waals surface area (Å²) in [6, 6.07) is 14.0. The number of aromatic nitrogens is 1. The number of guanidine groups is 1. The van der Waals surface area contributed by atoms with Crippen LogP contribution in [0.3, 0.4) is 0 Å². The van der Waals surface area contributed by atoms with Crippen LogP contribution in [0, 0.1) is 0 Å². The Bertz CT molecular complexity index is 694. The number of benzene rings is 1. The molecular formula is C20H30IN5O. The van der Waals surface area contributed by atoms with E-state index in [0.29, 0.717) is 13.1 Å². The highest BCUT2D eigenvalue weighted by atomic mass is 127. The van der Waals surface area contributed by atoms with Gasteiger partial charge in [0.25, 0.3) is 0 Å². The van der Waals surface area contributed by atoms with Crippen LogP contribution in [0.2, 0.25) is 0 Å². The van der Waals surface area contributed by atoms with Crippen LogP contribution in [0.1, 0.15) is 24.0 Å². The van der Waals surface area contributed by atoms with E-state index in [1.165, 1.54) is 0 Å². The molecule has 0 spiro atoms. The van der Waals surface area contributed by atoms with Crippen molar-refractivity contribution < 1.29 is 5.11 Å². The second kappa shape index (κ2) is 12.5. The zero-order chi connectivity index (χ0) is 18.8. The van der Waals surface area contributed by atoms with Crippen molar-refractivity contribution in [1.29, 1.82) is 0 Å². The van der Waals surface area contributed by atoms with Gasteiger partial charge in [0.1, 0.15) is 5.82 Å². The molecule has 0 bridgehead atoms. The average molecular weight is 483 g/mol. The van der Waals surface area contributed by atoms with Crippen LogP contribution < -0.4 is 15.5 Å². The molecule has 27 heavy (non-hydrogen) atoms. The molecule has 7 heteroatoms. The van der Waals surface area contributed by atoms with Crippen molar-refractivity contribution in [3.8, 4) is 0 Å².